The van der Waals surface area contributed by atoms with Gasteiger partial charge in [-0.1, -0.05) is 0 Å². The van der Waals surface area contributed by atoms with Crippen molar-refractivity contribution in [2.24, 2.45) is 11.1 Å². The molecule has 1 heterocycles. The fourth-order valence-electron chi connectivity index (χ4n) is 3.20. The zero-order valence-electron chi connectivity index (χ0n) is 13.9. The first kappa shape index (κ1) is 18.5. The minimum atomic E-state index is -3.69. The van der Waals surface area contributed by atoms with Gasteiger partial charge in [0.2, 0.25) is 10.0 Å². The van der Waals surface area contributed by atoms with Crippen molar-refractivity contribution in [3.05, 3.63) is 24.3 Å². The predicted molar refractivity (Wildman–Crippen MR) is 89.5 cm³/mol. The van der Waals surface area contributed by atoms with Gasteiger partial charge in [0, 0.05) is 12.1 Å². The third-order valence-corrected chi connectivity index (χ3v) is 5.30. The maximum atomic E-state index is 11.2. The van der Waals surface area contributed by atoms with E-state index in [-0.39, 0.29) is 10.4 Å². The molecule has 1 unspecified atom stereocenters. The number of amides is 1. The molecule has 3 N–H and O–H groups in total. The van der Waals surface area contributed by atoms with Gasteiger partial charge in [-0.2, -0.15) is 0 Å². The smallest absolute Gasteiger partial charge is 0.407 e. The summed E-state index contributed by atoms with van der Waals surface area (Å²) >= 11 is 0. The van der Waals surface area contributed by atoms with Crippen LogP contribution in [0.2, 0.25) is 0 Å². The molecule has 8 heteroatoms. The molecule has 0 radical (unpaired) electrons. The second kappa shape index (κ2) is 6.98. The second-order valence-electron chi connectivity index (χ2n) is 6.78. The fraction of sp³-hybridized carbons (Fsp3) is 0.562. The van der Waals surface area contributed by atoms with Gasteiger partial charge in [-0.15, -0.1) is 0 Å². The molecule has 1 saturated heterocycles. The van der Waals surface area contributed by atoms with Gasteiger partial charge < -0.3 is 14.7 Å². The molecule has 1 aromatic carbocycles. The Morgan fingerprint density at radius 1 is 1.38 bits per heavy atom. The number of hydrogen-bond acceptors (Lipinski definition) is 4. The number of carbonyl (C=O) groups is 1. The van der Waals surface area contributed by atoms with Crippen LogP contribution in [0.5, 0.6) is 5.75 Å². The maximum Gasteiger partial charge on any atom is 0.407 e. The van der Waals surface area contributed by atoms with Crippen LogP contribution < -0.4 is 9.88 Å². The first-order valence-electron chi connectivity index (χ1n) is 7.86. The molecule has 0 aromatic heterocycles. The monoisotopic (exact) mass is 356 g/mol. The van der Waals surface area contributed by atoms with Crippen molar-refractivity contribution in [1.82, 2.24) is 4.90 Å². The maximum absolute atomic E-state index is 11.2. The van der Waals surface area contributed by atoms with E-state index in [2.05, 4.69) is 0 Å². The van der Waals surface area contributed by atoms with Crippen LogP contribution in [0.4, 0.5) is 4.79 Å². The Kier molecular flexibility index (Phi) is 5.39. The van der Waals surface area contributed by atoms with Gasteiger partial charge in [-0.05, 0) is 63.3 Å². The minimum absolute atomic E-state index is 0.0526. The highest BCUT2D eigenvalue weighted by molar-refractivity contribution is 7.89. The molecule has 1 aromatic rings. The SMILES string of the molecule is CC1(C)CC(CCCOc2ccc(S(N)(=O)=O)cc2)CN1C(=O)O. The average Bonchev–Trinajstić information content (AvgIpc) is 2.78. The number of benzene rings is 1. The number of sulfonamides is 1. The molecule has 1 aliphatic heterocycles. The molecular formula is C16H24N2O5S. The normalized spacial score (nSPS) is 20.1. The summed E-state index contributed by atoms with van der Waals surface area (Å²) in [5, 5.41) is 14.3. The molecule has 0 saturated carbocycles. The summed E-state index contributed by atoms with van der Waals surface area (Å²) in [6.07, 6.45) is 1.68. The van der Waals surface area contributed by atoms with Crippen molar-refractivity contribution in [1.29, 1.82) is 0 Å². The Balaban J connectivity index is 1.77. The van der Waals surface area contributed by atoms with Gasteiger partial charge in [0.05, 0.1) is 11.5 Å². The van der Waals surface area contributed by atoms with E-state index in [1.165, 1.54) is 17.0 Å². The Labute approximate surface area is 142 Å². The number of likely N-dealkylation sites (tertiary alicyclic amines) is 1. The predicted octanol–water partition coefficient (Wildman–Crippen LogP) is 2.27. The van der Waals surface area contributed by atoms with E-state index in [1.807, 2.05) is 13.8 Å². The van der Waals surface area contributed by atoms with E-state index < -0.39 is 16.1 Å². The van der Waals surface area contributed by atoms with Crippen LogP contribution in [0, 0.1) is 5.92 Å². The van der Waals surface area contributed by atoms with Crippen molar-refractivity contribution < 1.29 is 23.1 Å². The van der Waals surface area contributed by atoms with Crippen molar-refractivity contribution >= 4 is 16.1 Å². The number of nitrogens with zero attached hydrogens (tertiary/aromatic N) is 1. The van der Waals surface area contributed by atoms with Gasteiger partial charge in [0.15, 0.2) is 0 Å². The average molecular weight is 356 g/mol. The summed E-state index contributed by atoms with van der Waals surface area (Å²) in [5.41, 5.74) is -0.319. The van der Waals surface area contributed by atoms with Crippen LogP contribution in [-0.4, -0.2) is 43.2 Å². The lowest BCUT2D eigenvalue weighted by Gasteiger charge is -2.28. The Morgan fingerprint density at radius 2 is 2.00 bits per heavy atom. The highest BCUT2D eigenvalue weighted by Gasteiger charge is 2.40. The topological polar surface area (TPSA) is 110 Å². The van der Waals surface area contributed by atoms with Crippen molar-refractivity contribution in [2.75, 3.05) is 13.2 Å². The Morgan fingerprint density at radius 3 is 2.50 bits per heavy atom. The quantitative estimate of drug-likeness (QED) is 0.760. The Bertz CT molecular complexity index is 685. The van der Waals surface area contributed by atoms with Crippen LogP contribution in [0.25, 0.3) is 0 Å². The van der Waals surface area contributed by atoms with Gasteiger partial charge in [-0.25, -0.2) is 18.4 Å². The van der Waals surface area contributed by atoms with Gasteiger partial charge in [0.25, 0.3) is 0 Å². The van der Waals surface area contributed by atoms with Gasteiger partial charge in [-0.3, -0.25) is 0 Å². The van der Waals surface area contributed by atoms with E-state index in [4.69, 9.17) is 9.88 Å². The number of carboxylic acid groups (broad SMARTS) is 1. The molecule has 24 heavy (non-hydrogen) atoms. The molecular weight excluding hydrogens is 332 g/mol. The van der Waals surface area contributed by atoms with Crippen LogP contribution in [-0.2, 0) is 10.0 Å². The molecule has 1 aliphatic rings. The summed E-state index contributed by atoms with van der Waals surface area (Å²) in [6, 6.07) is 5.97. The van der Waals surface area contributed by atoms with Crippen LogP contribution in [0.3, 0.4) is 0 Å². The first-order chi connectivity index (χ1) is 11.1. The lowest BCUT2D eigenvalue weighted by molar-refractivity contribution is 0.117. The van der Waals surface area contributed by atoms with Crippen molar-refractivity contribution in [2.45, 2.75) is 43.5 Å². The van der Waals surface area contributed by atoms with E-state index in [1.54, 1.807) is 12.1 Å². The van der Waals surface area contributed by atoms with Crippen LogP contribution >= 0.6 is 0 Å². The molecule has 134 valence electrons. The fourth-order valence-corrected chi connectivity index (χ4v) is 3.72. The zero-order chi connectivity index (χ0) is 18.0. The molecule has 1 amide bonds. The molecule has 7 nitrogen and oxygen atoms in total. The van der Waals surface area contributed by atoms with Crippen LogP contribution in [0.1, 0.15) is 33.1 Å². The highest BCUT2D eigenvalue weighted by Crippen LogP contribution is 2.34. The zero-order valence-corrected chi connectivity index (χ0v) is 14.8. The molecule has 0 spiro atoms. The van der Waals surface area contributed by atoms with E-state index in [9.17, 15) is 18.3 Å². The van der Waals surface area contributed by atoms with E-state index >= 15 is 0 Å². The molecule has 0 bridgehead atoms. The molecule has 1 fully saturated rings. The van der Waals surface area contributed by atoms with Crippen molar-refractivity contribution in [3.8, 4) is 5.75 Å². The standard InChI is InChI=1S/C16H24N2O5S/c1-16(2)10-12(11-18(16)15(19)20)4-3-9-23-13-5-7-14(8-6-13)24(17,21)22/h5-8,12H,3-4,9-11H2,1-2H3,(H,19,20)(H2,17,21,22). The summed E-state index contributed by atoms with van der Waals surface area (Å²) in [7, 11) is -3.69. The third-order valence-electron chi connectivity index (χ3n) is 4.37. The number of rotatable bonds is 6. The first-order valence-corrected chi connectivity index (χ1v) is 9.40. The van der Waals surface area contributed by atoms with Crippen LogP contribution in [0.15, 0.2) is 29.2 Å². The molecule has 1 atom stereocenters. The summed E-state index contributed by atoms with van der Waals surface area (Å²) in [5.74, 6) is 0.922. The minimum Gasteiger partial charge on any atom is -0.494 e. The Hall–Kier alpha value is -1.80. The van der Waals surface area contributed by atoms with Crippen molar-refractivity contribution in [3.63, 3.8) is 0 Å². The summed E-state index contributed by atoms with van der Waals surface area (Å²) in [6.45, 7) is 4.96. The second-order valence-corrected chi connectivity index (χ2v) is 8.34. The number of primary sulfonamides is 1. The number of nitrogens with two attached hydrogens (primary N) is 1. The van der Waals surface area contributed by atoms with E-state index in [0.717, 1.165) is 19.3 Å². The molecule has 0 aliphatic carbocycles. The summed E-state index contributed by atoms with van der Waals surface area (Å²) < 4.78 is 27.9. The van der Waals surface area contributed by atoms with E-state index in [0.29, 0.717) is 24.8 Å². The summed E-state index contributed by atoms with van der Waals surface area (Å²) in [4.78, 5) is 12.8. The molecule has 2 rings (SSSR count). The number of ether oxygens (including phenoxy) is 1. The lowest BCUT2D eigenvalue weighted by Crippen LogP contribution is -2.41. The van der Waals surface area contributed by atoms with Gasteiger partial charge >= 0.3 is 6.09 Å². The lowest BCUT2D eigenvalue weighted by atomic mass is 9.93. The van der Waals surface area contributed by atoms with Gasteiger partial charge in [0.1, 0.15) is 5.75 Å². The number of hydrogen-bond donors (Lipinski definition) is 2. The largest absolute Gasteiger partial charge is 0.494 e. The third kappa shape index (κ3) is 4.61. The highest BCUT2D eigenvalue weighted by atomic mass is 32.2.